The van der Waals surface area contributed by atoms with Crippen molar-refractivity contribution in [2.45, 2.75) is 11.8 Å². The maximum atomic E-state index is 12.4. The number of nitrogens with one attached hydrogen (secondary N) is 1. The minimum atomic E-state index is -3.68. The van der Waals surface area contributed by atoms with Crippen molar-refractivity contribution in [1.29, 1.82) is 0 Å². The van der Waals surface area contributed by atoms with Crippen molar-refractivity contribution >= 4 is 15.7 Å². The first-order chi connectivity index (χ1) is 11.4. The Kier molecular flexibility index (Phi) is 4.22. The van der Waals surface area contributed by atoms with E-state index >= 15 is 0 Å². The summed E-state index contributed by atoms with van der Waals surface area (Å²) < 4.78 is 34.4. The highest BCUT2D eigenvalue weighted by atomic mass is 32.2. The molecule has 124 valence electrons. The van der Waals surface area contributed by atoms with Crippen LogP contribution in [0.5, 0.6) is 11.5 Å². The van der Waals surface area contributed by atoms with Crippen LogP contribution in [-0.2, 0) is 17.1 Å². The average Bonchev–Trinajstić information content (AvgIpc) is 2.90. The number of benzene rings is 1. The Labute approximate surface area is 140 Å². The van der Waals surface area contributed by atoms with Gasteiger partial charge in [0.05, 0.1) is 11.9 Å². The SMILES string of the molecule is Cc1nn(C)cc1S(=O)(=O)Nc1ccc(Oc2cccnc2)cc1. The van der Waals surface area contributed by atoms with Crippen molar-refractivity contribution in [2.75, 3.05) is 4.72 Å². The Bertz CT molecular complexity index is 935. The minimum absolute atomic E-state index is 0.153. The lowest BCUT2D eigenvalue weighted by Gasteiger charge is -2.09. The number of sulfonamides is 1. The largest absolute Gasteiger partial charge is 0.456 e. The van der Waals surface area contributed by atoms with E-state index in [1.807, 2.05) is 0 Å². The van der Waals surface area contributed by atoms with Gasteiger partial charge in [-0.2, -0.15) is 5.10 Å². The fourth-order valence-corrected chi connectivity index (χ4v) is 3.46. The van der Waals surface area contributed by atoms with Gasteiger partial charge in [0.2, 0.25) is 0 Å². The molecule has 0 unspecified atom stereocenters. The van der Waals surface area contributed by atoms with Crippen LogP contribution in [0.3, 0.4) is 0 Å². The normalized spacial score (nSPS) is 11.2. The molecule has 2 aromatic heterocycles. The fraction of sp³-hybridized carbons (Fsp3) is 0.125. The van der Waals surface area contributed by atoms with Crippen molar-refractivity contribution in [3.63, 3.8) is 0 Å². The predicted molar refractivity (Wildman–Crippen MR) is 89.5 cm³/mol. The van der Waals surface area contributed by atoms with Gasteiger partial charge < -0.3 is 4.74 Å². The van der Waals surface area contributed by atoms with E-state index in [0.29, 0.717) is 22.9 Å². The molecule has 1 aromatic carbocycles. The summed E-state index contributed by atoms with van der Waals surface area (Å²) in [7, 11) is -2.00. The summed E-state index contributed by atoms with van der Waals surface area (Å²) in [5.74, 6) is 1.19. The van der Waals surface area contributed by atoms with Gasteiger partial charge in [0.25, 0.3) is 10.0 Å². The first-order valence-corrected chi connectivity index (χ1v) is 8.63. The highest BCUT2D eigenvalue weighted by Crippen LogP contribution is 2.24. The molecule has 3 rings (SSSR count). The standard InChI is InChI=1S/C16H16N4O3S/c1-12-16(11-20(2)18-12)24(21,22)19-13-5-7-14(8-6-13)23-15-4-3-9-17-10-15/h3-11,19H,1-2H3. The fourth-order valence-electron chi connectivity index (χ4n) is 2.19. The van der Waals surface area contributed by atoms with Gasteiger partial charge in [0.15, 0.2) is 0 Å². The van der Waals surface area contributed by atoms with E-state index in [2.05, 4.69) is 14.8 Å². The van der Waals surface area contributed by atoms with Crippen LogP contribution < -0.4 is 9.46 Å². The maximum absolute atomic E-state index is 12.4. The summed E-state index contributed by atoms with van der Waals surface area (Å²) in [6, 6.07) is 10.2. The van der Waals surface area contributed by atoms with Crippen LogP contribution in [0.1, 0.15) is 5.69 Å². The molecule has 7 nitrogen and oxygen atoms in total. The Hall–Kier alpha value is -2.87. The second-order valence-electron chi connectivity index (χ2n) is 5.17. The molecule has 0 spiro atoms. The molecule has 0 atom stereocenters. The third-order valence-electron chi connectivity index (χ3n) is 3.23. The second kappa shape index (κ2) is 6.32. The Morgan fingerprint density at radius 3 is 2.46 bits per heavy atom. The number of pyridine rings is 1. The summed E-state index contributed by atoms with van der Waals surface area (Å²) in [4.78, 5) is 4.12. The molecule has 8 heteroatoms. The topological polar surface area (TPSA) is 86.1 Å². The van der Waals surface area contributed by atoms with Crippen molar-refractivity contribution in [2.24, 2.45) is 7.05 Å². The smallest absolute Gasteiger partial charge is 0.265 e. The number of anilines is 1. The van der Waals surface area contributed by atoms with Crippen molar-refractivity contribution < 1.29 is 13.2 Å². The van der Waals surface area contributed by atoms with E-state index < -0.39 is 10.0 Å². The van der Waals surface area contributed by atoms with Crippen LogP contribution in [0.4, 0.5) is 5.69 Å². The highest BCUT2D eigenvalue weighted by molar-refractivity contribution is 7.92. The Morgan fingerprint density at radius 1 is 1.12 bits per heavy atom. The molecule has 0 bridgehead atoms. The van der Waals surface area contributed by atoms with E-state index in [1.54, 1.807) is 62.8 Å². The maximum Gasteiger partial charge on any atom is 0.265 e. The number of rotatable bonds is 5. The molecule has 0 radical (unpaired) electrons. The van der Waals surface area contributed by atoms with Gasteiger partial charge in [0, 0.05) is 25.1 Å². The summed E-state index contributed by atoms with van der Waals surface area (Å²) in [5.41, 5.74) is 0.887. The number of hydrogen-bond donors (Lipinski definition) is 1. The monoisotopic (exact) mass is 344 g/mol. The zero-order valence-electron chi connectivity index (χ0n) is 13.2. The van der Waals surface area contributed by atoms with Crippen LogP contribution in [0.25, 0.3) is 0 Å². The van der Waals surface area contributed by atoms with Gasteiger partial charge in [-0.05, 0) is 43.3 Å². The van der Waals surface area contributed by atoms with Crippen LogP contribution in [0.15, 0.2) is 59.9 Å². The summed E-state index contributed by atoms with van der Waals surface area (Å²) in [6.07, 6.45) is 4.73. The average molecular weight is 344 g/mol. The van der Waals surface area contributed by atoms with Crippen LogP contribution in [0.2, 0.25) is 0 Å². The molecule has 0 amide bonds. The summed E-state index contributed by atoms with van der Waals surface area (Å²) in [5, 5.41) is 4.05. The Morgan fingerprint density at radius 2 is 1.88 bits per heavy atom. The molecule has 1 N–H and O–H groups in total. The molecule has 0 aliphatic carbocycles. The van der Waals surface area contributed by atoms with Gasteiger partial charge in [-0.15, -0.1) is 0 Å². The molecular formula is C16H16N4O3S. The zero-order chi connectivity index (χ0) is 17.2. The van der Waals surface area contributed by atoms with Crippen LogP contribution in [0, 0.1) is 6.92 Å². The van der Waals surface area contributed by atoms with Crippen molar-refractivity contribution in [3.8, 4) is 11.5 Å². The van der Waals surface area contributed by atoms with Gasteiger partial charge in [-0.25, -0.2) is 8.42 Å². The highest BCUT2D eigenvalue weighted by Gasteiger charge is 2.19. The van der Waals surface area contributed by atoms with E-state index in [9.17, 15) is 8.42 Å². The van der Waals surface area contributed by atoms with Crippen molar-refractivity contribution in [1.82, 2.24) is 14.8 Å². The van der Waals surface area contributed by atoms with Gasteiger partial charge in [-0.1, -0.05) is 0 Å². The first-order valence-electron chi connectivity index (χ1n) is 7.15. The molecule has 0 saturated heterocycles. The molecule has 3 aromatic rings. The molecular weight excluding hydrogens is 328 g/mol. The van der Waals surface area contributed by atoms with Gasteiger partial charge in [-0.3, -0.25) is 14.4 Å². The molecule has 0 aliphatic heterocycles. The summed E-state index contributed by atoms with van der Waals surface area (Å²) in [6.45, 7) is 1.65. The predicted octanol–water partition coefficient (Wildman–Crippen LogP) is 2.72. The van der Waals surface area contributed by atoms with E-state index in [4.69, 9.17) is 4.74 Å². The molecule has 24 heavy (non-hydrogen) atoms. The molecule has 2 heterocycles. The third kappa shape index (κ3) is 3.54. The Balaban J connectivity index is 1.75. The van der Waals surface area contributed by atoms with Crippen LogP contribution >= 0.6 is 0 Å². The third-order valence-corrected chi connectivity index (χ3v) is 4.72. The minimum Gasteiger partial charge on any atom is -0.456 e. The van der Waals surface area contributed by atoms with E-state index in [0.717, 1.165) is 0 Å². The van der Waals surface area contributed by atoms with Crippen LogP contribution in [-0.4, -0.2) is 23.2 Å². The molecule has 0 aliphatic rings. The number of nitrogens with zero attached hydrogens (tertiary/aromatic N) is 3. The number of ether oxygens (including phenoxy) is 1. The van der Waals surface area contributed by atoms with Gasteiger partial charge in [0.1, 0.15) is 16.4 Å². The lowest BCUT2D eigenvalue weighted by atomic mass is 10.3. The number of aryl methyl sites for hydroxylation is 2. The summed E-state index contributed by atoms with van der Waals surface area (Å²) >= 11 is 0. The van der Waals surface area contributed by atoms with Gasteiger partial charge >= 0.3 is 0 Å². The van der Waals surface area contributed by atoms with Crippen molar-refractivity contribution in [3.05, 3.63) is 60.7 Å². The lowest BCUT2D eigenvalue weighted by Crippen LogP contribution is -2.13. The van der Waals surface area contributed by atoms with E-state index in [1.165, 1.54) is 10.9 Å². The zero-order valence-corrected chi connectivity index (χ0v) is 14.0. The quantitative estimate of drug-likeness (QED) is 0.769. The number of hydrogen-bond acceptors (Lipinski definition) is 5. The van der Waals surface area contributed by atoms with E-state index in [-0.39, 0.29) is 4.90 Å². The lowest BCUT2D eigenvalue weighted by molar-refractivity contribution is 0.480. The first kappa shape index (κ1) is 16.0. The molecule has 0 fully saturated rings. The second-order valence-corrected chi connectivity index (χ2v) is 6.82. The molecule has 0 saturated carbocycles. The number of aromatic nitrogens is 3.